The molecule has 3 aliphatic rings. The summed E-state index contributed by atoms with van der Waals surface area (Å²) in [6.45, 7) is -3.24. The molecule has 0 spiro atoms. The van der Waals surface area contributed by atoms with Crippen LogP contribution in [0.2, 0.25) is 10.0 Å². The van der Waals surface area contributed by atoms with Crippen LogP contribution < -0.4 is 18.5 Å². The molecular weight excluding hydrogens is 793 g/mol. The SMILES string of the molecule is CS(=O)(=O)N(CC(=O)N1CCOCC1)c1ccc2c(c1)C(=O)N(CC(=O)OC(Cc1c(Cl)c[n+]([O-])cc1Cl)c1ccc(OC(F)F)c(OCC3CC3)c1)C2=O. The van der Waals surface area contributed by atoms with Gasteiger partial charge in [-0.1, -0.05) is 29.3 Å². The molecule has 3 heterocycles. The lowest BCUT2D eigenvalue weighted by Gasteiger charge is -2.30. The van der Waals surface area contributed by atoms with E-state index >= 15 is 0 Å². The van der Waals surface area contributed by atoms with E-state index in [1.54, 1.807) is 0 Å². The van der Waals surface area contributed by atoms with Gasteiger partial charge in [0.25, 0.3) is 11.8 Å². The summed E-state index contributed by atoms with van der Waals surface area (Å²) in [6, 6.07) is 7.56. The van der Waals surface area contributed by atoms with Gasteiger partial charge < -0.3 is 29.1 Å². The summed E-state index contributed by atoms with van der Waals surface area (Å²) in [7, 11) is -4.04. The molecule has 1 aromatic heterocycles. The number of pyridine rings is 1. The van der Waals surface area contributed by atoms with Crippen LogP contribution in [0.3, 0.4) is 0 Å². The number of rotatable bonds is 15. The van der Waals surface area contributed by atoms with E-state index in [1.807, 2.05) is 0 Å². The molecule has 3 aromatic rings. The van der Waals surface area contributed by atoms with E-state index in [1.165, 1.54) is 35.2 Å². The highest BCUT2D eigenvalue weighted by atomic mass is 35.5. The number of benzene rings is 2. The van der Waals surface area contributed by atoms with E-state index in [2.05, 4.69) is 4.74 Å². The highest BCUT2D eigenvalue weighted by Crippen LogP contribution is 2.38. The van der Waals surface area contributed by atoms with Gasteiger partial charge in [-0.25, -0.2) is 8.42 Å². The first-order valence-electron chi connectivity index (χ1n) is 16.9. The summed E-state index contributed by atoms with van der Waals surface area (Å²) in [4.78, 5) is 55.6. The second kappa shape index (κ2) is 16.5. The highest BCUT2D eigenvalue weighted by Gasteiger charge is 2.39. The van der Waals surface area contributed by atoms with Gasteiger partial charge in [0.05, 0.1) is 42.9 Å². The fourth-order valence-corrected chi connectivity index (χ4v) is 7.44. The van der Waals surface area contributed by atoms with Crippen LogP contribution in [0.5, 0.6) is 11.5 Å². The summed E-state index contributed by atoms with van der Waals surface area (Å²) in [5.74, 6) is -3.45. The minimum atomic E-state index is -4.04. The number of aromatic nitrogens is 1. The second-order valence-electron chi connectivity index (χ2n) is 13.0. The Kier molecular flexibility index (Phi) is 12.0. The predicted octanol–water partition coefficient (Wildman–Crippen LogP) is 3.77. The van der Waals surface area contributed by atoms with E-state index in [0.717, 1.165) is 41.9 Å². The van der Waals surface area contributed by atoms with Crippen molar-refractivity contribution >= 4 is 62.6 Å². The minimum absolute atomic E-state index is 0.0523. The van der Waals surface area contributed by atoms with E-state index in [-0.39, 0.29) is 81.5 Å². The molecule has 294 valence electrons. The van der Waals surface area contributed by atoms with Crippen LogP contribution in [0.15, 0.2) is 48.8 Å². The number of carbonyl (C=O) groups excluding carboxylic acids is 4. The first-order chi connectivity index (χ1) is 26.1. The van der Waals surface area contributed by atoms with Crippen molar-refractivity contribution in [3.8, 4) is 11.5 Å². The monoisotopic (exact) mass is 826 g/mol. The Bertz CT molecular complexity index is 2090. The zero-order valence-corrected chi connectivity index (χ0v) is 31.4. The summed E-state index contributed by atoms with van der Waals surface area (Å²) >= 11 is 12.7. The third kappa shape index (κ3) is 9.55. The Balaban J connectivity index is 1.24. The number of fused-ring (bicyclic) bond motifs is 1. The number of sulfonamides is 1. The second-order valence-corrected chi connectivity index (χ2v) is 15.7. The number of esters is 1. The van der Waals surface area contributed by atoms with Gasteiger partial charge in [-0.05, 0) is 54.7 Å². The van der Waals surface area contributed by atoms with Crippen molar-refractivity contribution in [1.82, 2.24) is 9.80 Å². The molecule has 1 saturated carbocycles. The first-order valence-corrected chi connectivity index (χ1v) is 19.5. The number of amides is 3. The Hall–Kier alpha value is -4.78. The maximum absolute atomic E-state index is 13.6. The van der Waals surface area contributed by atoms with Crippen molar-refractivity contribution in [1.29, 1.82) is 0 Å². The normalized spacial score (nSPS) is 16.3. The molecule has 0 N–H and O–H groups in total. The number of imide groups is 1. The number of carbonyl (C=O) groups is 4. The maximum atomic E-state index is 13.6. The number of halogens is 4. The quantitative estimate of drug-likeness (QED) is 0.0944. The summed E-state index contributed by atoms with van der Waals surface area (Å²) in [5, 5.41) is 11.8. The zero-order chi connectivity index (χ0) is 39.6. The Labute approximate surface area is 323 Å². The lowest BCUT2D eigenvalue weighted by atomic mass is 10.0. The number of hydrogen-bond donors (Lipinski definition) is 0. The summed E-state index contributed by atoms with van der Waals surface area (Å²) < 4.78 is 74.7. The molecule has 1 saturated heterocycles. The lowest BCUT2D eigenvalue weighted by molar-refractivity contribution is -0.605. The predicted molar refractivity (Wildman–Crippen MR) is 191 cm³/mol. The first kappa shape index (κ1) is 39.9. The van der Waals surface area contributed by atoms with E-state index in [4.69, 9.17) is 37.4 Å². The average Bonchev–Trinajstić information content (AvgIpc) is 3.93. The van der Waals surface area contributed by atoms with Crippen LogP contribution in [0, 0.1) is 11.1 Å². The van der Waals surface area contributed by atoms with E-state index in [9.17, 15) is 41.6 Å². The topological polar surface area (TPSA) is 176 Å². The van der Waals surface area contributed by atoms with Crippen LogP contribution in [0.4, 0.5) is 14.5 Å². The van der Waals surface area contributed by atoms with Gasteiger partial charge in [0, 0.05) is 25.1 Å². The van der Waals surface area contributed by atoms with Gasteiger partial charge >= 0.3 is 12.6 Å². The number of nitrogens with zero attached hydrogens (tertiary/aromatic N) is 4. The molecule has 2 fully saturated rings. The van der Waals surface area contributed by atoms with Crippen LogP contribution in [-0.2, 0) is 35.5 Å². The molecular formula is C35H34Cl2F2N4O11S. The Morgan fingerprint density at radius 1 is 1.02 bits per heavy atom. The molecule has 3 amide bonds. The van der Waals surface area contributed by atoms with Gasteiger partial charge in [-0.2, -0.15) is 13.5 Å². The molecule has 55 heavy (non-hydrogen) atoms. The van der Waals surface area contributed by atoms with Crippen LogP contribution in [0.25, 0.3) is 0 Å². The smallest absolute Gasteiger partial charge is 0.387 e. The third-order valence-corrected chi connectivity index (χ3v) is 10.8. The molecule has 1 aliphatic carbocycles. The molecule has 15 nitrogen and oxygen atoms in total. The van der Waals surface area contributed by atoms with Gasteiger partial charge in [0.15, 0.2) is 23.9 Å². The van der Waals surface area contributed by atoms with Crippen molar-refractivity contribution in [2.45, 2.75) is 32.0 Å². The molecule has 0 radical (unpaired) electrons. The van der Waals surface area contributed by atoms with Gasteiger partial charge in [0.2, 0.25) is 15.9 Å². The standard InChI is InChI=1S/C35H34Cl2F2N4O11S/c1-55(49,50)43(17-31(44)40-8-10-51-11-9-40)22-5-6-23-24(13-22)34(47)42(33(23)46)18-32(45)53-29(14-25-26(36)15-41(48)16-27(25)37)21-4-7-28(54-35(38)39)30(12-21)52-19-20-2-3-20/h4-7,12-13,15-16,20,29,35H,2-3,8-11,14,17-19H2,1H3. The molecule has 2 aromatic carbocycles. The Morgan fingerprint density at radius 2 is 1.69 bits per heavy atom. The lowest BCUT2D eigenvalue weighted by Crippen LogP contribution is -2.47. The highest BCUT2D eigenvalue weighted by molar-refractivity contribution is 7.92. The maximum Gasteiger partial charge on any atom is 0.387 e. The zero-order valence-electron chi connectivity index (χ0n) is 29.1. The number of morpholine rings is 1. The van der Waals surface area contributed by atoms with Gasteiger partial charge in [0.1, 0.15) is 29.2 Å². The fourth-order valence-electron chi connectivity index (χ4n) is 6.00. The van der Waals surface area contributed by atoms with Crippen LogP contribution >= 0.6 is 23.2 Å². The van der Waals surface area contributed by atoms with Gasteiger partial charge in [-0.15, -0.1) is 0 Å². The number of ether oxygens (including phenoxy) is 4. The third-order valence-electron chi connectivity index (χ3n) is 9.02. The minimum Gasteiger partial charge on any atom is -0.619 e. The summed E-state index contributed by atoms with van der Waals surface area (Å²) in [5.41, 5.74) is 0.0270. The van der Waals surface area contributed by atoms with Gasteiger partial charge in [-0.3, -0.25) is 28.4 Å². The molecule has 1 atom stereocenters. The molecule has 20 heteroatoms. The van der Waals surface area contributed by atoms with E-state index in [0.29, 0.717) is 22.8 Å². The number of alkyl halides is 2. The number of hydrogen-bond acceptors (Lipinski definition) is 11. The van der Waals surface area contributed by atoms with Crippen LogP contribution in [0.1, 0.15) is 50.8 Å². The average molecular weight is 828 g/mol. The van der Waals surface area contributed by atoms with Crippen molar-refractivity contribution in [2.75, 3.05) is 56.6 Å². The Morgan fingerprint density at radius 3 is 2.33 bits per heavy atom. The molecule has 1 unspecified atom stereocenters. The van der Waals surface area contributed by atoms with Crippen molar-refractivity contribution in [3.05, 3.63) is 86.3 Å². The van der Waals surface area contributed by atoms with E-state index < -0.39 is 59.5 Å². The van der Waals surface area contributed by atoms with Crippen molar-refractivity contribution < 1.29 is 60.1 Å². The van der Waals surface area contributed by atoms with Crippen molar-refractivity contribution in [3.63, 3.8) is 0 Å². The number of anilines is 1. The fraction of sp³-hybridized carbons (Fsp3) is 0.400. The molecule has 0 bridgehead atoms. The van der Waals surface area contributed by atoms with Crippen molar-refractivity contribution in [2.24, 2.45) is 5.92 Å². The largest absolute Gasteiger partial charge is 0.619 e. The van der Waals surface area contributed by atoms with Crippen LogP contribution in [-0.4, -0.2) is 101 Å². The summed E-state index contributed by atoms with van der Waals surface area (Å²) in [6.07, 6.45) is 3.25. The molecule has 6 rings (SSSR count). The molecule has 2 aliphatic heterocycles.